The summed E-state index contributed by atoms with van der Waals surface area (Å²) in [6, 6.07) is 11.1. The van der Waals surface area contributed by atoms with Crippen LogP contribution >= 0.6 is 11.8 Å². The van der Waals surface area contributed by atoms with Crippen LogP contribution in [0.2, 0.25) is 0 Å². The van der Waals surface area contributed by atoms with Crippen molar-refractivity contribution in [3.05, 3.63) is 30.3 Å². The zero-order chi connectivity index (χ0) is 18.9. The molecule has 3 rings (SSSR count). The summed E-state index contributed by atoms with van der Waals surface area (Å²) in [6.45, 7) is 8.60. The Hall–Kier alpha value is -1.24. The molecule has 2 heterocycles. The van der Waals surface area contributed by atoms with Gasteiger partial charge in [0.2, 0.25) is 0 Å². The summed E-state index contributed by atoms with van der Waals surface area (Å²) in [6.07, 6.45) is 3.60. The average Bonchev–Trinajstić information content (AvgIpc) is 3.20. The molecule has 2 N–H and O–H groups in total. The van der Waals surface area contributed by atoms with Gasteiger partial charge >= 0.3 is 0 Å². The van der Waals surface area contributed by atoms with Gasteiger partial charge in [-0.15, -0.1) is 11.8 Å². The molecule has 27 heavy (non-hydrogen) atoms. The Labute approximate surface area is 168 Å². The molecule has 6 heteroatoms. The van der Waals surface area contributed by atoms with Gasteiger partial charge in [0.05, 0.1) is 6.61 Å². The Morgan fingerprint density at radius 2 is 2.04 bits per heavy atom. The number of aliphatic imine (C=N–C) groups is 1. The molecule has 0 bridgehead atoms. The van der Waals surface area contributed by atoms with Crippen LogP contribution in [0.3, 0.4) is 0 Å². The fourth-order valence-electron chi connectivity index (χ4n) is 3.75. The van der Waals surface area contributed by atoms with Crippen molar-refractivity contribution in [2.75, 3.05) is 46.4 Å². The highest BCUT2D eigenvalue weighted by Gasteiger charge is 2.24. The number of piperidine rings is 1. The summed E-state index contributed by atoms with van der Waals surface area (Å²) in [5.41, 5.74) is 0. The maximum atomic E-state index is 5.51. The number of guanidine groups is 1. The van der Waals surface area contributed by atoms with Gasteiger partial charge in [-0.25, -0.2) is 0 Å². The first kappa shape index (κ1) is 20.5. The number of likely N-dealkylation sites (tertiary alicyclic amines) is 1. The molecule has 5 nitrogen and oxygen atoms in total. The minimum atomic E-state index is 0.487. The van der Waals surface area contributed by atoms with Crippen molar-refractivity contribution in [2.24, 2.45) is 10.9 Å². The van der Waals surface area contributed by atoms with Crippen molar-refractivity contribution < 1.29 is 4.74 Å². The van der Waals surface area contributed by atoms with E-state index in [0.717, 1.165) is 31.6 Å². The Morgan fingerprint density at radius 3 is 2.70 bits per heavy atom. The lowest BCUT2D eigenvalue weighted by molar-refractivity contribution is 0.150. The van der Waals surface area contributed by atoms with E-state index in [1.54, 1.807) is 0 Å². The minimum absolute atomic E-state index is 0.487. The maximum absolute atomic E-state index is 5.51. The van der Waals surface area contributed by atoms with Crippen LogP contribution in [-0.4, -0.2) is 68.6 Å². The van der Waals surface area contributed by atoms with E-state index < -0.39 is 0 Å². The van der Waals surface area contributed by atoms with Crippen LogP contribution in [0.5, 0.6) is 0 Å². The first-order chi connectivity index (χ1) is 13.2. The Balaban J connectivity index is 1.34. The van der Waals surface area contributed by atoms with Gasteiger partial charge in [-0.05, 0) is 37.3 Å². The first-order valence-corrected chi connectivity index (χ1v) is 11.1. The van der Waals surface area contributed by atoms with Crippen molar-refractivity contribution in [2.45, 2.75) is 42.4 Å². The van der Waals surface area contributed by atoms with Crippen molar-refractivity contribution >= 4 is 17.7 Å². The monoisotopic (exact) mass is 390 g/mol. The summed E-state index contributed by atoms with van der Waals surface area (Å²) in [7, 11) is 1.86. The molecule has 0 saturated carbocycles. The number of hydrogen-bond acceptors (Lipinski definition) is 4. The van der Waals surface area contributed by atoms with E-state index in [4.69, 9.17) is 4.74 Å². The van der Waals surface area contributed by atoms with E-state index in [-0.39, 0.29) is 0 Å². The van der Waals surface area contributed by atoms with E-state index >= 15 is 0 Å². The van der Waals surface area contributed by atoms with Crippen LogP contribution in [0.15, 0.2) is 40.2 Å². The van der Waals surface area contributed by atoms with E-state index in [2.05, 4.69) is 57.8 Å². The van der Waals surface area contributed by atoms with E-state index in [9.17, 15) is 0 Å². The van der Waals surface area contributed by atoms with Crippen molar-refractivity contribution in [3.63, 3.8) is 0 Å². The Morgan fingerprint density at radius 1 is 1.26 bits per heavy atom. The predicted octanol–water partition coefficient (Wildman–Crippen LogP) is 2.83. The zero-order valence-corrected chi connectivity index (χ0v) is 17.5. The summed E-state index contributed by atoms with van der Waals surface area (Å²) in [5.74, 6) is 1.67. The first-order valence-electron chi connectivity index (χ1n) is 10.2. The molecule has 1 aromatic rings. The second-order valence-electron chi connectivity index (χ2n) is 7.64. The highest BCUT2D eigenvalue weighted by molar-refractivity contribution is 8.00. The number of nitrogens with one attached hydrogen (secondary N) is 2. The topological polar surface area (TPSA) is 48.9 Å². The van der Waals surface area contributed by atoms with Crippen LogP contribution in [0.1, 0.15) is 26.2 Å². The van der Waals surface area contributed by atoms with Crippen LogP contribution in [0.25, 0.3) is 0 Å². The number of nitrogens with zero attached hydrogens (tertiary/aromatic N) is 2. The molecule has 0 aromatic heterocycles. The van der Waals surface area contributed by atoms with Gasteiger partial charge in [0.1, 0.15) is 0 Å². The molecule has 2 saturated heterocycles. The highest BCUT2D eigenvalue weighted by Crippen LogP contribution is 2.22. The van der Waals surface area contributed by atoms with Crippen molar-refractivity contribution in [3.8, 4) is 0 Å². The van der Waals surface area contributed by atoms with Gasteiger partial charge in [-0.3, -0.25) is 4.99 Å². The fraction of sp³-hybridized carbons (Fsp3) is 0.667. The summed E-state index contributed by atoms with van der Waals surface area (Å²) in [5, 5.41) is 7.60. The molecule has 0 aliphatic carbocycles. The van der Waals surface area contributed by atoms with Gasteiger partial charge in [-0.1, -0.05) is 25.1 Å². The van der Waals surface area contributed by atoms with Gasteiger partial charge in [0.15, 0.2) is 5.96 Å². The van der Waals surface area contributed by atoms with Crippen LogP contribution in [-0.2, 0) is 4.74 Å². The lowest BCUT2D eigenvalue weighted by Crippen LogP contribution is -2.50. The van der Waals surface area contributed by atoms with Gasteiger partial charge in [-0.2, -0.15) is 0 Å². The Kier molecular flexibility index (Phi) is 8.30. The molecule has 2 unspecified atom stereocenters. The maximum Gasteiger partial charge on any atom is 0.191 e. The second-order valence-corrected chi connectivity index (χ2v) is 9.16. The molecule has 1 aromatic carbocycles. The molecular formula is C21H34N4OS. The van der Waals surface area contributed by atoms with Crippen molar-refractivity contribution in [1.82, 2.24) is 15.5 Å². The molecule has 0 spiro atoms. The molecule has 2 fully saturated rings. The standard InChI is InChI=1S/C21H34N4OS/c1-17(27-20-6-4-3-5-7-20)14-23-21(22-2)24-19-8-11-25(12-9-19)15-18-10-13-26-16-18/h3-7,17-19H,8-16H2,1-2H3,(H2,22,23,24). The third kappa shape index (κ3) is 7.01. The van der Waals surface area contributed by atoms with Crippen LogP contribution < -0.4 is 10.6 Å². The third-order valence-electron chi connectivity index (χ3n) is 5.33. The normalized spacial score (nSPS) is 23.3. The lowest BCUT2D eigenvalue weighted by atomic mass is 10.0. The second kappa shape index (κ2) is 10.9. The lowest BCUT2D eigenvalue weighted by Gasteiger charge is -2.34. The average molecular weight is 391 g/mol. The number of rotatable bonds is 7. The summed E-state index contributed by atoms with van der Waals surface area (Å²) < 4.78 is 5.51. The minimum Gasteiger partial charge on any atom is -0.381 e. The van der Waals surface area contributed by atoms with Gasteiger partial charge < -0.3 is 20.3 Å². The molecule has 2 aliphatic heterocycles. The van der Waals surface area contributed by atoms with E-state index in [1.165, 1.54) is 43.8 Å². The highest BCUT2D eigenvalue weighted by atomic mass is 32.2. The molecule has 0 amide bonds. The SMILES string of the molecule is CN=C(NCC(C)Sc1ccccc1)NC1CCN(CC2CCOC2)CC1. The van der Waals surface area contributed by atoms with Crippen LogP contribution in [0.4, 0.5) is 0 Å². The fourth-order valence-corrected chi connectivity index (χ4v) is 4.70. The molecular weight excluding hydrogens is 356 g/mol. The number of ether oxygens (including phenoxy) is 1. The summed E-state index contributed by atoms with van der Waals surface area (Å²) >= 11 is 1.90. The number of hydrogen-bond donors (Lipinski definition) is 2. The third-order valence-corrected chi connectivity index (χ3v) is 6.44. The largest absolute Gasteiger partial charge is 0.381 e. The number of benzene rings is 1. The molecule has 150 valence electrons. The van der Waals surface area contributed by atoms with Crippen molar-refractivity contribution in [1.29, 1.82) is 0 Å². The smallest absolute Gasteiger partial charge is 0.191 e. The quantitative estimate of drug-likeness (QED) is 0.426. The zero-order valence-electron chi connectivity index (χ0n) is 16.7. The van der Waals surface area contributed by atoms with Gasteiger partial charge in [0, 0.05) is 56.0 Å². The molecule has 2 atom stereocenters. The van der Waals surface area contributed by atoms with E-state index in [0.29, 0.717) is 11.3 Å². The Bertz CT molecular complexity index is 569. The molecule has 2 aliphatic rings. The number of thioether (sulfide) groups is 1. The van der Waals surface area contributed by atoms with Gasteiger partial charge in [0.25, 0.3) is 0 Å². The van der Waals surface area contributed by atoms with E-state index in [1.807, 2.05) is 18.8 Å². The molecule has 0 radical (unpaired) electrons. The summed E-state index contributed by atoms with van der Waals surface area (Å²) in [4.78, 5) is 8.34. The predicted molar refractivity (Wildman–Crippen MR) is 115 cm³/mol. The van der Waals surface area contributed by atoms with Crippen LogP contribution in [0, 0.1) is 5.92 Å².